The van der Waals surface area contributed by atoms with Crippen LogP contribution in [0.25, 0.3) is 0 Å². The van der Waals surface area contributed by atoms with E-state index >= 15 is 0 Å². The average molecular weight is 238 g/mol. The number of amides is 1. The van der Waals surface area contributed by atoms with Gasteiger partial charge in [-0.25, -0.2) is 0 Å². The van der Waals surface area contributed by atoms with Crippen molar-refractivity contribution in [3.8, 4) is 0 Å². The van der Waals surface area contributed by atoms with E-state index in [4.69, 9.17) is 0 Å². The van der Waals surface area contributed by atoms with E-state index in [0.29, 0.717) is 5.56 Å². The second kappa shape index (κ2) is 6.43. The summed E-state index contributed by atoms with van der Waals surface area (Å²) in [7, 11) is 1.86. The quantitative estimate of drug-likeness (QED) is 0.826. The van der Waals surface area contributed by atoms with Gasteiger partial charge in [-0.3, -0.25) is 4.79 Å². The molecule has 4 heteroatoms. The van der Waals surface area contributed by atoms with Gasteiger partial charge < -0.3 is 10.6 Å². The number of carbonyl (C=O) groups excluding carboxylic acids is 1. The molecule has 1 amide bonds. The van der Waals surface area contributed by atoms with Crippen LogP contribution in [0.15, 0.2) is 24.3 Å². The minimum atomic E-state index is -0.01000. The minimum Gasteiger partial charge on any atom is -0.388 e. The van der Waals surface area contributed by atoms with Gasteiger partial charge in [-0.05, 0) is 37.4 Å². The molecule has 1 atom stereocenters. The smallest absolute Gasteiger partial charge is 0.251 e. The molecule has 1 unspecified atom stereocenters. The van der Waals surface area contributed by atoms with Crippen LogP contribution in [-0.4, -0.2) is 31.0 Å². The van der Waals surface area contributed by atoms with Crippen LogP contribution in [0.5, 0.6) is 0 Å². The molecule has 0 fully saturated rings. The number of hydrogen-bond donors (Lipinski definition) is 2. The van der Waals surface area contributed by atoms with E-state index in [1.54, 1.807) is 11.8 Å². The topological polar surface area (TPSA) is 41.1 Å². The van der Waals surface area contributed by atoms with Crippen molar-refractivity contribution in [2.45, 2.75) is 13.0 Å². The first-order valence-electron chi connectivity index (χ1n) is 5.25. The number of anilines is 1. The maximum absolute atomic E-state index is 11.8. The average Bonchev–Trinajstić information content (AvgIpc) is 2.29. The fourth-order valence-corrected chi connectivity index (χ4v) is 1.97. The highest BCUT2D eigenvalue weighted by Crippen LogP contribution is 2.08. The summed E-state index contributed by atoms with van der Waals surface area (Å²) in [5.41, 5.74) is 1.71. The molecule has 0 spiro atoms. The highest BCUT2D eigenvalue weighted by atomic mass is 32.2. The highest BCUT2D eigenvalue weighted by Gasteiger charge is 2.08. The van der Waals surface area contributed by atoms with E-state index in [-0.39, 0.29) is 11.9 Å². The Hall–Kier alpha value is -1.16. The summed E-state index contributed by atoms with van der Waals surface area (Å²) in [4.78, 5) is 11.8. The largest absolute Gasteiger partial charge is 0.388 e. The van der Waals surface area contributed by atoms with Crippen LogP contribution in [0.2, 0.25) is 0 Å². The molecule has 0 saturated heterocycles. The van der Waals surface area contributed by atoms with Gasteiger partial charge in [0.2, 0.25) is 0 Å². The monoisotopic (exact) mass is 238 g/mol. The third-order valence-corrected chi connectivity index (χ3v) is 3.06. The zero-order chi connectivity index (χ0) is 12.0. The second-order valence-corrected chi connectivity index (χ2v) is 4.57. The van der Waals surface area contributed by atoms with Crippen LogP contribution in [0.3, 0.4) is 0 Å². The van der Waals surface area contributed by atoms with Crippen molar-refractivity contribution in [1.29, 1.82) is 0 Å². The predicted molar refractivity (Wildman–Crippen MR) is 71.3 cm³/mol. The Kier molecular flexibility index (Phi) is 5.19. The van der Waals surface area contributed by atoms with Crippen molar-refractivity contribution in [3.63, 3.8) is 0 Å². The van der Waals surface area contributed by atoms with E-state index in [9.17, 15) is 4.79 Å². The number of hydrogen-bond acceptors (Lipinski definition) is 3. The Balaban J connectivity index is 2.59. The lowest BCUT2D eigenvalue weighted by Crippen LogP contribution is -2.34. The fraction of sp³-hybridized carbons (Fsp3) is 0.417. The molecule has 1 aromatic rings. The number of thioether (sulfide) groups is 1. The van der Waals surface area contributed by atoms with Gasteiger partial charge in [0.15, 0.2) is 0 Å². The normalized spacial score (nSPS) is 11.9. The zero-order valence-electron chi connectivity index (χ0n) is 9.91. The summed E-state index contributed by atoms with van der Waals surface area (Å²) in [5, 5.41) is 5.97. The van der Waals surface area contributed by atoms with Gasteiger partial charge in [-0.2, -0.15) is 11.8 Å². The van der Waals surface area contributed by atoms with Gasteiger partial charge in [0.25, 0.3) is 5.91 Å². The fourth-order valence-electron chi connectivity index (χ4n) is 1.39. The lowest BCUT2D eigenvalue weighted by atomic mass is 10.2. The van der Waals surface area contributed by atoms with Gasteiger partial charge in [0.05, 0.1) is 0 Å². The Morgan fingerprint density at radius 2 is 2.00 bits per heavy atom. The van der Waals surface area contributed by atoms with Crippen LogP contribution in [0, 0.1) is 0 Å². The molecule has 0 aliphatic rings. The van der Waals surface area contributed by atoms with Crippen LogP contribution in [0.1, 0.15) is 17.3 Å². The lowest BCUT2D eigenvalue weighted by molar-refractivity contribution is 0.0944. The Morgan fingerprint density at radius 3 is 2.50 bits per heavy atom. The van der Waals surface area contributed by atoms with Gasteiger partial charge in [0, 0.05) is 30.1 Å². The standard InChI is InChI=1S/C12H18N2OS/c1-9(8-16-3)14-12(15)10-4-6-11(13-2)7-5-10/h4-7,9,13H,8H2,1-3H3,(H,14,15). The minimum absolute atomic E-state index is 0.01000. The first kappa shape index (κ1) is 12.9. The van der Waals surface area contributed by atoms with Gasteiger partial charge in [-0.1, -0.05) is 0 Å². The van der Waals surface area contributed by atoms with Crippen molar-refractivity contribution in [1.82, 2.24) is 5.32 Å². The SMILES string of the molecule is CNc1ccc(C(=O)NC(C)CSC)cc1. The predicted octanol–water partition coefficient (Wildman–Crippen LogP) is 2.21. The lowest BCUT2D eigenvalue weighted by Gasteiger charge is -2.12. The van der Waals surface area contributed by atoms with Gasteiger partial charge in [-0.15, -0.1) is 0 Å². The van der Waals surface area contributed by atoms with Crippen molar-refractivity contribution in [3.05, 3.63) is 29.8 Å². The third-order valence-electron chi connectivity index (χ3n) is 2.23. The van der Waals surface area contributed by atoms with Crippen molar-refractivity contribution in [2.24, 2.45) is 0 Å². The first-order chi connectivity index (χ1) is 7.67. The summed E-state index contributed by atoms with van der Waals surface area (Å²) in [6.07, 6.45) is 2.03. The van der Waals surface area contributed by atoms with Crippen molar-refractivity contribution < 1.29 is 4.79 Å². The van der Waals surface area contributed by atoms with E-state index in [1.165, 1.54) is 0 Å². The Bertz CT molecular complexity index is 337. The molecule has 0 aromatic heterocycles. The van der Waals surface area contributed by atoms with E-state index in [0.717, 1.165) is 11.4 Å². The summed E-state index contributed by atoms with van der Waals surface area (Å²) in [6.45, 7) is 2.01. The van der Waals surface area contributed by atoms with Gasteiger partial charge >= 0.3 is 0 Å². The molecule has 88 valence electrons. The molecule has 1 rings (SSSR count). The molecule has 3 nitrogen and oxygen atoms in total. The molecule has 0 aliphatic carbocycles. The maximum Gasteiger partial charge on any atom is 0.251 e. The van der Waals surface area contributed by atoms with Crippen molar-refractivity contribution >= 4 is 23.4 Å². The van der Waals surface area contributed by atoms with E-state index < -0.39 is 0 Å². The summed E-state index contributed by atoms with van der Waals surface area (Å²) >= 11 is 1.73. The molecule has 0 radical (unpaired) electrons. The van der Waals surface area contributed by atoms with Crippen LogP contribution >= 0.6 is 11.8 Å². The summed E-state index contributed by atoms with van der Waals surface area (Å²) < 4.78 is 0. The van der Waals surface area contributed by atoms with Crippen LogP contribution in [0.4, 0.5) is 5.69 Å². The van der Waals surface area contributed by atoms with Crippen LogP contribution < -0.4 is 10.6 Å². The second-order valence-electron chi connectivity index (χ2n) is 3.66. The molecule has 0 saturated carbocycles. The molecular weight excluding hydrogens is 220 g/mol. The zero-order valence-corrected chi connectivity index (χ0v) is 10.7. The summed E-state index contributed by atoms with van der Waals surface area (Å²) in [5.74, 6) is 0.921. The number of carbonyl (C=O) groups is 1. The van der Waals surface area contributed by atoms with E-state index in [1.807, 2.05) is 44.5 Å². The molecule has 0 aliphatic heterocycles. The number of rotatable bonds is 5. The molecule has 2 N–H and O–H groups in total. The molecule has 16 heavy (non-hydrogen) atoms. The Morgan fingerprint density at radius 1 is 1.38 bits per heavy atom. The maximum atomic E-state index is 11.8. The van der Waals surface area contributed by atoms with Crippen molar-refractivity contribution in [2.75, 3.05) is 24.4 Å². The first-order valence-corrected chi connectivity index (χ1v) is 6.64. The number of nitrogens with one attached hydrogen (secondary N) is 2. The summed E-state index contributed by atoms with van der Waals surface area (Å²) in [6, 6.07) is 7.65. The van der Waals surface area contributed by atoms with E-state index in [2.05, 4.69) is 10.6 Å². The third kappa shape index (κ3) is 3.77. The number of benzene rings is 1. The molecular formula is C12H18N2OS. The molecule has 0 bridgehead atoms. The molecule has 0 heterocycles. The van der Waals surface area contributed by atoms with Gasteiger partial charge in [0.1, 0.15) is 0 Å². The molecule has 1 aromatic carbocycles. The Labute approximate surface area is 101 Å². The van der Waals surface area contributed by atoms with Crippen LogP contribution in [-0.2, 0) is 0 Å². The highest BCUT2D eigenvalue weighted by molar-refractivity contribution is 7.98.